The largest absolute Gasteiger partial charge is 0.391 e. The van der Waals surface area contributed by atoms with Crippen LogP contribution < -0.4 is 0 Å². The summed E-state index contributed by atoms with van der Waals surface area (Å²) in [6.45, 7) is 2.94. The van der Waals surface area contributed by atoms with Gasteiger partial charge in [-0.05, 0) is 31.0 Å². The smallest absolute Gasteiger partial charge is 0.255 e. The van der Waals surface area contributed by atoms with E-state index in [0.717, 1.165) is 5.56 Å². The first kappa shape index (κ1) is 11.4. The number of likely N-dealkylation sites (tertiary alicyclic amines) is 1. The number of rotatable bonds is 1. The van der Waals surface area contributed by atoms with E-state index in [9.17, 15) is 9.90 Å². The molecular formula is C12H14ClNO2. The van der Waals surface area contributed by atoms with Crippen LogP contribution in [0.1, 0.15) is 22.3 Å². The number of carbonyl (C=O) groups is 1. The summed E-state index contributed by atoms with van der Waals surface area (Å²) >= 11 is 6.03. The molecule has 16 heavy (non-hydrogen) atoms. The Bertz CT molecular complexity index is 419. The minimum atomic E-state index is -0.395. The second-order valence-electron chi connectivity index (χ2n) is 4.18. The van der Waals surface area contributed by atoms with Gasteiger partial charge in [-0.15, -0.1) is 0 Å². The molecule has 1 aliphatic rings. The Morgan fingerprint density at radius 1 is 1.56 bits per heavy atom. The molecule has 0 spiro atoms. The summed E-state index contributed by atoms with van der Waals surface area (Å²) in [7, 11) is 0. The topological polar surface area (TPSA) is 40.5 Å². The van der Waals surface area contributed by atoms with Gasteiger partial charge < -0.3 is 10.0 Å². The highest BCUT2D eigenvalue weighted by Gasteiger charge is 2.26. The maximum absolute atomic E-state index is 12.1. The van der Waals surface area contributed by atoms with E-state index in [0.29, 0.717) is 30.1 Å². The number of aliphatic hydroxyl groups is 1. The first-order valence-corrected chi connectivity index (χ1v) is 5.69. The fourth-order valence-corrected chi connectivity index (χ4v) is 2.21. The van der Waals surface area contributed by atoms with E-state index >= 15 is 0 Å². The van der Waals surface area contributed by atoms with Crippen LogP contribution >= 0.6 is 11.6 Å². The van der Waals surface area contributed by atoms with Crippen LogP contribution in [0.3, 0.4) is 0 Å². The van der Waals surface area contributed by atoms with E-state index in [1.54, 1.807) is 17.0 Å². The standard InChI is InChI=1S/C12H14ClNO2/c1-8-2-3-10(11(13)6-8)12(16)14-5-4-9(15)7-14/h2-3,6,9,15H,4-5,7H2,1H3/t9-/m0/s1. The van der Waals surface area contributed by atoms with Crippen LogP contribution in [0.25, 0.3) is 0 Å². The number of hydrogen-bond donors (Lipinski definition) is 1. The quantitative estimate of drug-likeness (QED) is 0.813. The van der Waals surface area contributed by atoms with Crippen LogP contribution in [-0.2, 0) is 0 Å². The predicted molar refractivity (Wildman–Crippen MR) is 62.7 cm³/mol. The molecule has 1 amide bonds. The van der Waals surface area contributed by atoms with Gasteiger partial charge in [0.2, 0.25) is 0 Å². The van der Waals surface area contributed by atoms with Crippen LogP contribution in [0.4, 0.5) is 0 Å². The van der Waals surface area contributed by atoms with Crippen LogP contribution in [0.15, 0.2) is 18.2 Å². The summed E-state index contributed by atoms with van der Waals surface area (Å²) in [5, 5.41) is 9.86. The molecule has 1 aromatic carbocycles. The third-order valence-electron chi connectivity index (χ3n) is 2.81. The minimum absolute atomic E-state index is 0.0958. The van der Waals surface area contributed by atoms with E-state index in [4.69, 9.17) is 11.6 Å². The maximum atomic E-state index is 12.1. The van der Waals surface area contributed by atoms with Gasteiger partial charge in [-0.25, -0.2) is 0 Å². The highest BCUT2D eigenvalue weighted by Crippen LogP contribution is 2.21. The van der Waals surface area contributed by atoms with Crippen LogP contribution in [0.2, 0.25) is 5.02 Å². The molecule has 1 aromatic rings. The van der Waals surface area contributed by atoms with Gasteiger partial charge >= 0.3 is 0 Å². The zero-order valence-corrected chi connectivity index (χ0v) is 9.87. The fourth-order valence-electron chi connectivity index (χ4n) is 1.89. The Balaban J connectivity index is 2.21. The normalized spacial score (nSPS) is 20.2. The van der Waals surface area contributed by atoms with Crippen molar-refractivity contribution in [2.45, 2.75) is 19.4 Å². The molecule has 4 heteroatoms. The number of aryl methyl sites for hydroxylation is 1. The summed E-state index contributed by atoms with van der Waals surface area (Å²) in [5.74, 6) is -0.0958. The van der Waals surface area contributed by atoms with Gasteiger partial charge in [-0.1, -0.05) is 17.7 Å². The number of carbonyl (C=O) groups excluding carboxylic acids is 1. The Hall–Kier alpha value is -1.06. The van der Waals surface area contributed by atoms with E-state index in [2.05, 4.69) is 0 Å². The lowest BCUT2D eigenvalue weighted by molar-refractivity contribution is 0.0765. The van der Waals surface area contributed by atoms with Crippen molar-refractivity contribution in [3.05, 3.63) is 34.3 Å². The molecule has 0 aromatic heterocycles. The summed E-state index contributed by atoms with van der Waals surface area (Å²) in [6.07, 6.45) is 0.253. The Morgan fingerprint density at radius 3 is 2.88 bits per heavy atom. The highest BCUT2D eigenvalue weighted by atomic mass is 35.5. The molecule has 2 rings (SSSR count). The molecular weight excluding hydrogens is 226 g/mol. The third kappa shape index (κ3) is 2.20. The van der Waals surface area contributed by atoms with Crippen molar-refractivity contribution >= 4 is 17.5 Å². The Kier molecular flexibility index (Phi) is 3.17. The molecule has 0 radical (unpaired) electrons. The molecule has 1 heterocycles. The Morgan fingerprint density at radius 2 is 2.31 bits per heavy atom. The van der Waals surface area contributed by atoms with E-state index in [1.165, 1.54) is 0 Å². The highest BCUT2D eigenvalue weighted by molar-refractivity contribution is 6.33. The van der Waals surface area contributed by atoms with Crippen LogP contribution in [-0.4, -0.2) is 35.1 Å². The fraction of sp³-hybridized carbons (Fsp3) is 0.417. The molecule has 1 saturated heterocycles. The molecule has 0 unspecified atom stereocenters. The summed E-state index contributed by atoms with van der Waals surface area (Å²) < 4.78 is 0. The molecule has 1 fully saturated rings. The first-order chi connectivity index (χ1) is 7.58. The lowest BCUT2D eigenvalue weighted by Gasteiger charge is -2.16. The SMILES string of the molecule is Cc1ccc(C(=O)N2CC[C@H](O)C2)c(Cl)c1. The second-order valence-corrected chi connectivity index (χ2v) is 4.58. The van der Waals surface area contributed by atoms with Gasteiger partial charge in [0.05, 0.1) is 16.7 Å². The second kappa shape index (κ2) is 4.44. The molecule has 1 aliphatic heterocycles. The molecule has 0 bridgehead atoms. The van der Waals surface area contributed by atoms with Gasteiger partial charge in [0.25, 0.3) is 5.91 Å². The summed E-state index contributed by atoms with van der Waals surface area (Å²) in [4.78, 5) is 13.7. The predicted octanol–water partition coefficient (Wildman–Crippen LogP) is 1.86. The first-order valence-electron chi connectivity index (χ1n) is 5.31. The third-order valence-corrected chi connectivity index (χ3v) is 3.12. The van der Waals surface area contributed by atoms with E-state index in [-0.39, 0.29) is 5.91 Å². The average molecular weight is 240 g/mol. The molecule has 3 nitrogen and oxygen atoms in total. The molecule has 1 atom stereocenters. The van der Waals surface area contributed by atoms with Crippen molar-refractivity contribution in [1.29, 1.82) is 0 Å². The van der Waals surface area contributed by atoms with Gasteiger partial charge in [0, 0.05) is 13.1 Å². The van der Waals surface area contributed by atoms with E-state index < -0.39 is 6.10 Å². The zero-order valence-electron chi connectivity index (χ0n) is 9.11. The van der Waals surface area contributed by atoms with Crippen molar-refractivity contribution in [2.24, 2.45) is 0 Å². The number of halogens is 1. The van der Waals surface area contributed by atoms with Crippen LogP contribution in [0, 0.1) is 6.92 Å². The molecule has 0 aliphatic carbocycles. The van der Waals surface area contributed by atoms with E-state index in [1.807, 2.05) is 13.0 Å². The van der Waals surface area contributed by atoms with Crippen molar-refractivity contribution in [1.82, 2.24) is 4.90 Å². The van der Waals surface area contributed by atoms with Gasteiger partial charge in [-0.3, -0.25) is 4.79 Å². The van der Waals surface area contributed by atoms with Gasteiger partial charge in [0.15, 0.2) is 0 Å². The van der Waals surface area contributed by atoms with Crippen molar-refractivity contribution in [3.63, 3.8) is 0 Å². The average Bonchev–Trinajstić information content (AvgIpc) is 2.64. The number of nitrogens with zero attached hydrogens (tertiary/aromatic N) is 1. The van der Waals surface area contributed by atoms with Gasteiger partial charge in [0.1, 0.15) is 0 Å². The molecule has 0 saturated carbocycles. The molecule has 86 valence electrons. The number of amides is 1. The molecule has 1 N–H and O–H groups in total. The van der Waals surface area contributed by atoms with Crippen molar-refractivity contribution < 1.29 is 9.90 Å². The maximum Gasteiger partial charge on any atom is 0.255 e. The zero-order chi connectivity index (χ0) is 11.7. The van der Waals surface area contributed by atoms with Crippen molar-refractivity contribution in [2.75, 3.05) is 13.1 Å². The Labute approximate surface area is 99.6 Å². The summed E-state index contributed by atoms with van der Waals surface area (Å²) in [6, 6.07) is 5.39. The van der Waals surface area contributed by atoms with Crippen molar-refractivity contribution in [3.8, 4) is 0 Å². The number of aliphatic hydroxyl groups excluding tert-OH is 1. The lowest BCUT2D eigenvalue weighted by atomic mass is 10.1. The number of β-amino-alcohol motifs (C(OH)–C–C–N with tert-alkyl or cyclic N) is 1. The summed E-state index contributed by atoms with van der Waals surface area (Å²) in [5.41, 5.74) is 1.55. The monoisotopic (exact) mass is 239 g/mol. The minimum Gasteiger partial charge on any atom is -0.391 e. The number of benzene rings is 1. The van der Waals surface area contributed by atoms with Gasteiger partial charge in [-0.2, -0.15) is 0 Å². The lowest BCUT2D eigenvalue weighted by Crippen LogP contribution is -2.29. The van der Waals surface area contributed by atoms with Crippen LogP contribution in [0.5, 0.6) is 0 Å². The number of hydrogen-bond acceptors (Lipinski definition) is 2.